The molecule has 2 aromatic carbocycles. The number of ether oxygens (including phenoxy) is 2. The molecular formula is C27H31NO4. The van der Waals surface area contributed by atoms with Gasteiger partial charge in [-0.2, -0.15) is 0 Å². The Hall–Kier alpha value is -2.37. The highest BCUT2D eigenvalue weighted by molar-refractivity contribution is 5.79. The average Bonchev–Trinajstić information content (AvgIpc) is 3.23. The van der Waals surface area contributed by atoms with Crippen LogP contribution in [0.5, 0.6) is 0 Å². The summed E-state index contributed by atoms with van der Waals surface area (Å²) in [5.41, 5.74) is 4.30. The molecule has 5 heteroatoms. The van der Waals surface area contributed by atoms with Crippen LogP contribution < -0.4 is 0 Å². The summed E-state index contributed by atoms with van der Waals surface area (Å²) in [6.45, 7) is 3.98. The van der Waals surface area contributed by atoms with Gasteiger partial charge in [0.2, 0.25) is 0 Å². The molecule has 32 heavy (non-hydrogen) atoms. The molecule has 0 spiro atoms. The summed E-state index contributed by atoms with van der Waals surface area (Å²) >= 11 is 0. The van der Waals surface area contributed by atoms with E-state index in [0.29, 0.717) is 19.4 Å². The zero-order valence-electron chi connectivity index (χ0n) is 18.6. The molecule has 6 rings (SSSR count). The largest absolute Gasteiger partial charge is 0.448 e. The minimum atomic E-state index is -0.704. The van der Waals surface area contributed by atoms with Crippen LogP contribution in [0.25, 0.3) is 11.1 Å². The number of fused-ring (bicyclic) bond motifs is 5. The van der Waals surface area contributed by atoms with E-state index in [1.54, 1.807) is 0 Å². The first-order valence-corrected chi connectivity index (χ1v) is 11.9. The fraction of sp³-hybridized carbons (Fsp3) is 0.519. The van der Waals surface area contributed by atoms with Gasteiger partial charge in [-0.1, -0.05) is 55.5 Å². The van der Waals surface area contributed by atoms with E-state index in [-0.39, 0.29) is 29.5 Å². The fourth-order valence-corrected chi connectivity index (χ4v) is 6.78. The van der Waals surface area contributed by atoms with Crippen LogP contribution in [-0.2, 0) is 9.47 Å². The molecular weight excluding hydrogens is 402 g/mol. The Morgan fingerprint density at radius 3 is 2.12 bits per heavy atom. The summed E-state index contributed by atoms with van der Waals surface area (Å²) < 4.78 is 11.3. The van der Waals surface area contributed by atoms with E-state index in [9.17, 15) is 9.90 Å². The lowest BCUT2D eigenvalue weighted by molar-refractivity contribution is -0.156. The number of carbonyl (C=O) groups is 1. The molecule has 3 fully saturated rings. The Morgan fingerprint density at radius 1 is 1.03 bits per heavy atom. The Morgan fingerprint density at radius 2 is 1.59 bits per heavy atom. The van der Waals surface area contributed by atoms with Gasteiger partial charge >= 0.3 is 6.09 Å². The van der Waals surface area contributed by atoms with Gasteiger partial charge in [0.25, 0.3) is 0 Å². The molecule has 1 amide bonds. The molecule has 1 aliphatic carbocycles. The van der Waals surface area contributed by atoms with E-state index in [2.05, 4.69) is 55.5 Å². The Bertz CT molecular complexity index is 986. The Labute approximate surface area is 189 Å². The number of aliphatic hydroxyl groups is 1. The first-order valence-electron chi connectivity index (χ1n) is 11.9. The van der Waals surface area contributed by atoms with Gasteiger partial charge < -0.3 is 19.5 Å². The van der Waals surface area contributed by atoms with Gasteiger partial charge in [-0.15, -0.1) is 0 Å². The normalized spacial score (nSPS) is 29.9. The molecule has 2 atom stereocenters. The highest BCUT2D eigenvalue weighted by Gasteiger charge is 2.53. The second-order valence-corrected chi connectivity index (χ2v) is 10.7. The topological polar surface area (TPSA) is 59.0 Å². The molecule has 2 unspecified atom stereocenters. The maximum absolute atomic E-state index is 13.2. The summed E-state index contributed by atoms with van der Waals surface area (Å²) in [6, 6.07) is 17.0. The van der Waals surface area contributed by atoms with E-state index in [4.69, 9.17) is 9.47 Å². The Kier molecular flexibility index (Phi) is 4.63. The minimum absolute atomic E-state index is 0.0685. The number of carbonyl (C=O) groups excluding carboxylic acids is 1. The van der Waals surface area contributed by atoms with Crippen molar-refractivity contribution in [2.75, 3.05) is 19.8 Å². The van der Waals surface area contributed by atoms with Crippen LogP contribution in [0, 0.1) is 5.41 Å². The minimum Gasteiger partial charge on any atom is -0.448 e. The highest BCUT2D eigenvalue weighted by atomic mass is 16.6. The van der Waals surface area contributed by atoms with Crippen molar-refractivity contribution in [1.82, 2.24) is 4.90 Å². The molecule has 0 radical (unpaired) electrons. The molecule has 3 saturated heterocycles. The first kappa shape index (κ1) is 20.3. The predicted molar refractivity (Wildman–Crippen MR) is 121 cm³/mol. The number of benzene rings is 2. The van der Waals surface area contributed by atoms with Crippen molar-refractivity contribution in [2.24, 2.45) is 5.41 Å². The molecule has 5 nitrogen and oxygen atoms in total. The van der Waals surface area contributed by atoms with Crippen molar-refractivity contribution in [1.29, 1.82) is 0 Å². The third-order valence-corrected chi connectivity index (χ3v) is 8.05. The standard InChI is InChI=1S/C27H31NO4/c1-26(16-31-17-26)15-27(30)12-18-10-11-19(13-27)28(18)25(29)32-14-24-22-8-4-2-6-20(22)21-7-3-5-9-23(21)24/h2-9,18-19,24,30H,10-17H2,1H3. The van der Waals surface area contributed by atoms with Crippen LogP contribution in [0.2, 0.25) is 0 Å². The quantitative estimate of drug-likeness (QED) is 0.758. The SMILES string of the molecule is CC1(CC2(O)CC3CCC(C2)N3C(=O)OCC2c3ccccc3-c3ccccc32)COC1. The van der Waals surface area contributed by atoms with Crippen LogP contribution in [0.4, 0.5) is 4.79 Å². The maximum atomic E-state index is 13.2. The van der Waals surface area contributed by atoms with Crippen LogP contribution in [0.1, 0.15) is 56.1 Å². The number of rotatable bonds is 4. The molecule has 3 aliphatic heterocycles. The van der Waals surface area contributed by atoms with Crippen LogP contribution in [0.3, 0.4) is 0 Å². The summed E-state index contributed by atoms with van der Waals surface area (Å²) in [6.07, 6.45) is 3.71. The maximum Gasteiger partial charge on any atom is 0.410 e. The van der Waals surface area contributed by atoms with Crippen LogP contribution in [-0.4, -0.2) is 53.6 Å². The predicted octanol–water partition coefficient (Wildman–Crippen LogP) is 4.72. The number of hydrogen-bond acceptors (Lipinski definition) is 4. The molecule has 3 heterocycles. The highest BCUT2D eigenvalue weighted by Crippen LogP contribution is 2.48. The third kappa shape index (κ3) is 3.25. The van der Waals surface area contributed by atoms with Crippen molar-refractivity contribution >= 4 is 6.09 Å². The summed E-state index contributed by atoms with van der Waals surface area (Å²) in [7, 11) is 0. The summed E-state index contributed by atoms with van der Waals surface area (Å²) in [5.74, 6) is 0.0734. The second kappa shape index (κ2) is 7.32. The fourth-order valence-electron chi connectivity index (χ4n) is 6.78. The van der Waals surface area contributed by atoms with E-state index >= 15 is 0 Å². The van der Waals surface area contributed by atoms with Crippen molar-refractivity contribution in [3.05, 3.63) is 59.7 Å². The van der Waals surface area contributed by atoms with Crippen molar-refractivity contribution in [2.45, 2.75) is 62.6 Å². The first-order chi connectivity index (χ1) is 15.4. The van der Waals surface area contributed by atoms with Gasteiger partial charge in [-0.3, -0.25) is 0 Å². The molecule has 2 aromatic rings. The molecule has 168 valence electrons. The molecule has 0 saturated carbocycles. The molecule has 0 aromatic heterocycles. The van der Waals surface area contributed by atoms with E-state index in [1.807, 2.05) is 4.90 Å². The second-order valence-electron chi connectivity index (χ2n) is 10.7. The van der Waals surface area contributed by atoms with Crippen molar-refractivity contribution in [3.63, 3.8) is 0 Å². The molecule has 2 bridgehead atoms. The van der Waals surface area contributed by atoms with E-state index in [1.165, 1.54) is 22.3 Å². The number of amides is 1. The summed E-state index contributed by atoms with van der Waals surface area (Å²) in [5, 5.41) is 11.3. The van der Waals surface area contributed by atoms with Crippen LogP contribution >= 0.6 is 0 Å². The number of hydrogen-bond donors (Lipinski definition) is 1. The van der Waals surface area contributed by atoms with Gasteiger partial charge in [0.05, 0.1) is 18.8 Å². The van der Waals surface area contributed by atoms with Gasteiger partial charge in [-0.05, 0) is 54.4 Å². The zero-order chi connectivity index (χ0) is 21.9. The lowest BCUT2D eigenvalue weighted by atomic mass is 9.72. The number of piperidine rings is 1. The smallest absolute Gasteiger partial charge is 0.410 e. The number of nitrogens with zero attached hydrogens (tertiary/aromatic N) is 1. The van der Waals surface area contributed by atoms with Crippen molar-refractivity contribution in [3.8, 4) is 11.1 Å². The Balaban J connectivity index is 1.15. The monoisotopic (exact) mass is 433 g/mol. The van der Waals surface area contributed by atoms with Crippen molar-refractivity contribution < 1.29 is 19.4 Å². The lowest BCUT2D eigenvalue weighted by Crippen LogP contribution is -2.56. The van der Waals surface area contributed by atoms with E-state index < -0.39 is 5.60 Å². The summed E-state index contributed by atoms with van der Waals surface area (Å²) in [4.78, 5) is 15.1. The van der Waals surface area contributed by atoms with Crippen LogP contribution in [0.15, 0.2) is 48.5 Å². The van der Waals surface area contributed by atoms with Gasteiger partial charge in [0, 0.05) is 23.4 Å². The third-order valence-electron chi connectivity index (χ3n) is 8.05. The lowest BCUT2D eigenvalue weighted by Gasteiger charge is -2.49. The van der Waals surface area contributed by atoms with Gasteiger partial charge in [0.1, 0.15) is 6.61 Å². The average molecular weight is 434 g/mol. The van der Waals surface area contributed by atoms with Gasteiger partial charge in [0.15, 0.2) is 0 Å². The zero-order valence-corrected chi connectivity index (χ0v) is 18.6. The molecule has 4 aliphatic rings. The van der Waals surface area contributed by atoms with Gasteiger partial charge in [-0.25, -0.2) is 4.79 Å². The molecule has 1 N–H and O–H groups in total. The van der Waals surface area contributed by atoms with E-state index in [0.717, 1.165) is 32.5 Å².